The standard InChI is InChI=1S/C7H10F6S2/c1-2-4(15)6(10,11)7(12,13)5(8,9)3-14/h4,14-15H,2-3H2,1H3. The molecule has 0 aliphatic heterocycles. The van der Waals surface area contributed by atoms with Gasteiger partial charge in [0.2, 0.25) is 0 Å². The second kappa shape index (κ2) is 4.65. The molecule has 0 saturated heterocycles. The lowest BCUT2D eigenvalue weighted by Gasteiger charge is -2.34. The minimum absolute atomic E-state index is 0.450. The Labute approximate surface area is 94.2 Å². The van der Waals surface area contributed by atoms with E-state index >= 15 is 0 Å². The van der Waals surface area contributed by atoms with E-state index in [4.69, 9.17) is 0 Å². The summed E-state index contributed by atoms with van der Waals surface area (Å²) in [5.74, 6) is -16.9. The van der Waals surface area contributed by atoms with Crippen molar-refractivity contribution in [1.29, 1.82) is 0 Å². The van der Waals surface area contributed by atoms with Crippen LogP contribution in [0.5, 0.6) is 0 Å². The summed E-state index contributed by atoms with van der Waals surface area (Å²) in [4.78, 5) is 0. The Kier molecular flexibility index (Phi) is 4.73. The van der Waals surface area contributed by atoms with Crippen molar-refractivity contribution < 1.29 is 26.3 Å². The summed E-state index contributed by atoms with van der Waals surface area (Å²) >= 11 is 6.12. The Morgan fingerprint density at radius 3 is 1.73 bits per heavy atom. The highest BCUT2D eigenvalue weighted by atomic mass is 32.1. The molecule has 0 spiro atoms. The van der Waals surface area contributed by atoms with E-state index in [1.54, 1.807) is 0 Å². The van der Waals surface area contributed by atoms with E-state index in [0.29, 0.717) is 0 Å². The van der Waals surface area contributed by atoms with Crippen LogP contribution in [0.2, 0.25) is 0 Å². The van der Waals surface area contributed by atoms with Crippen molar-refractivity contribution >= 4 is 25.3 Å². The van der Waals surface area contributed by atoms with Crippen LogP contribution in [0.25, 0.3) is 0 Å². The Balaban J connectivity index is 5.17. The fraction of sp³-hybridized carbons (Fsp3) is 1.00. The van der Waals surface area contributed by atoms with Crippen LogP contribution < -0.4 is 0 Å². The monoisotopic (exact) mass is 272 g/mol. The largest absolute Gasteiger partial charge is 0.373 e. The van der Waals surface area contributed by atoms with E-state index in [-0.39, 0.29) is 0 Å². The number of alkyl halides is 6. The van der Waals surface area contributed by atoms with Crippen molar-refractivity contribution in [3.8, 4) is 0 Å². The van der Waals surface area contributed by atoms with Crippen molar-refractivity contribution in [2.24, 2.45) is 0 Å². The first kappa shape index (κ1) is 15.3. The van der Waals surface area contributed by atoms with Crippen LogP contribution >= 0.6 is 25.3 Å². The van der Waals surface area contributed by atoms with Crippen molar-refractivity contribution in [2.45, 2.75) is 36.4 Å². The lowest BCUT2D eigenvalue weighted by atomic mass is 10.0. The molecule has 0 aromatic rings. The molecular formula is C7H10F6S2. The van der Waals surface area contributed by atoms with Gasteiger partial charge in [-0.25, -0.2) is 0 Å². The number of thiol groups is 2. The topological polar surface area (TPSA) is 0 Å². The first-order valence-electron chi connectivity index (χ1n) is 3.97. The summed E-state index contributed by atoms with van der Waals surface area (Å²) in [5, 5.41) is -2.13. The van der Waals surface area contributed by atoms with Gasteiger partial charge in [0.25, 0.3) is 0 Å². The molecule has 0 N–H and O–H groups in total. The molecule has 92 valence electrons. The van der Waals surface area contributed by atoms with Crippen molar-refractivity contribution in [3.05, 3.63) is 0 Å². The van der Waals surface area contributed by atoms with Crippen molar-refractivity contribution in [3.63, 3.8) is 0 Å². The van der Waals surface area contributed by atoms with Crippen LogP contribution in [0.4, 0.5) is 26.3 Å². The van der Waals surface area contributed by atoms with Gasteiger partial charge in [0.15, 0.2) is 0 Å². The number of halogens is 6. The average molecular weight is 272 g/mol. The van der Waals surface area contributed by atoms with Gasteiger partial charge >= 0.3 is 17.8 Å². The third kappa shape index (κ3) is 2.51. The first-order chi connectivity index (χ1) is 6.54. The fourth-order valence-corrected chi connectivity index (χ4v) is 1.17. The molecule has 0 aliphatic carbocycles. The second-order valence-corrected chi connectivity index (χ2v) is 3.92. The fourth-order valence-electron chi connectivity index (χ4n) is 0.809. The SMILES string of the molecule is CCC(S)C(F)(F)C(F)(F)C(F)(F)CS. The van der Waals surface area contributed by atoms with E-state index in [9.17, 15) is 26.3 Å². The molecule has 0 radical (unpaired) electrons. The van der Waals surface area contributed by atoms with Crippen molar-refractivity contribution in [1.82, 2.24) is 0 Å². The Hall–Kier alpha value is 0.280. The zero-order valence-corrected chi connectivity index (χ0v) is 9.44. The zero-order chi connectivity index (χ0) is 12.5. The molecule has 0 rings (SSSR count). The number of hydrogen-bond donors (Lipinski definition) is 2. The molecule has 0 aliphatic rings. The predicted molar refractivity (Wildman–Crippen MR) is 51.8 cm³/mol. The molecule has 0 bridgehead atoms. The summed E-state index contributed by atoms with van der Waals surface area (Å²) in [6.07, 6.45) is -0.450. The third-order valence-electron chi connectivity index (χ3n) is 1.88. The van der Waals surface area contributed by atoms with Crippen LogP contribution in [0, 0.1) is 0 Å². The molecule has 0 amide bonds. The quantitative estimate of drug-likeness (QED) is 0.555. The molecule has 0 aromatic carbocycles. The minimum atomic E-state index is -5.45. The number of hydrogen-bond acceptors (Lipinski definition) is 2. The van der Waals surface area contributed by atoms with Crippen LogP contribution in [0.1, 0.15) is 13.3 Å². The maximum atomic E-state index is 12.9. The van der Waals surface area contributed by atoms with E-state index < -0.39 is 35.2 Å². The number of rotatable bonds is 5. The summed E-state index contributed by atoms with van der Waals surface area (Å²) in [6.45, 7) is 1.15. The molecule has 15 heavy (non-hydrogen) atoms. The Morgan fingerprint density at radius 1 is 1.07 bits per heavy atom. The van der Waals surface area contributed by atoms with Gasteiger partial charge in [0.1, 0.15) is 0 Å². The van der Waals surface area contributed by atoms with Crippen molar-refractivity contribution in [2.75, 3.05) is 5.75 Å². The van der Waals surface area contributed by atoms with Crippen LogP contribution in [0.3, 0.4) is 0 Å². The molecule has 1 unspecified atom stereocenters. The van der Waals surface area contributed by atoms with Gasteiger partial charge in [-0.05, 0) is 6.42 Å². The van der Waals surface area contributed by atoms with E-state index in [1.165, 1.54) is 0 Å². The molecule has 1 atom stereocenters. The van der Waals surface area contributed by atoms with Gasteiger partial charge in [0.05, 0.1) is 11.0 Å². The molecule has 0 nitrogen and oxygen atoms in total. The highest BCUT2D eigenvalue weighted by molar-refractivity contribution is 7.81. The lowest BCUT2D eigenvalue weighted by molar-refractivity contribution is -0.300. The summed E-state index contributed by atoms with van der Waals surface area (Å²) in [6, 6.07) is 0. The summed E-state index contributed by atoms with van der Waals surface area (Å²) < 4.78 is 76.7. The predicted octanol–water partition coefficient (Wildman–Crippen LogP) is 3.53. The smallest absolute Gasteiger partial charge is 0.199 e. The highest BCUT2D eigenvalue weighted by Gasteiger charge is 2.72. The molecule has 0 fully saturated rings. The van der Waals surface area contributed by atoms with E-state index in [1.807, 2.05) is 0 Å². The van der Waals surface area contributed by atoms with E-state index in [0.717, 1.165) is 6.92 Å². The maximum Gasteiger partial charge on any atom is 0.373 e. The summed E-state index contributed by atoms with van der Waals surface area (Å²) in [7, 11) is 0. The molecule has 0 aromatic heterocycles. The molecule has 0 saturated carbocycles. The van der Waals surface area contributed by atoms with Crippen LogP contribution in [-0.2, 0) is 0 Å². The third-order valence-corrected chi connectivity index (χ3v) is 2.97. The normalized spacial score (nSPS) is 16.6. The molecule has 0 heterocycles. The van der Waals surface area contributed by atoms with E-state index in [2.05, 4.69) is 25.3 Å². The molecular weight excluding hydrogens is 262 g/mol. The highest BCUT2D eigenvalue weighted by Crippen LogP contribution is 2.49. The average Bonchev–Trinajstić information content (AvgIpc) is 2.15. The Bertz CT molecular complexity index is 218. The minimum Gasteiger partial charge on any atom is -0.199 e. The van der Waals surface area contributed by atoms with Gasteiger partial charge in [-0.2, -0.15) is 51.6 Å². The first-order valence-corrected chi connectivity index (χ1v) is 5.11. The summed E-state index contributed by atoms with van der Waals surface area (Å²) in [5.41, 5.74) is 0. The molecule has 8 heteroatoms. The van der Waals surface area contributed by atoms with Gasteiger partial charge in [-0.1, -0.05) is 6.92 Å². The van der Waals surface area contributed by atoms with Crippen LogP contribution in [0.15, 0.2) is 0 Å². The van der Waals surface area contributed by atoms with Crippen LogP contribution in [-0.4, -0.2) is 28.8 Å². The van der Waals surface area contributed by atoms with Gasteiger partial charge in [0, 0.05) is 0 Å². The maximum absolute atomic E-state index is 12.9. The van der Waals surface area contributed by atoms with Gasteiger partial charge < -0.3 is 0 Å². The van der Waals surface area contributed by atoms with Gasteiger partial charge in [-0.3, -0.25) is 0 Å². The zero-order valence-electron chi connectivity index (χ0n) is 7.65. The lowest BCUT2D eigenvalue weighted by Crippen LogP contribution is -2.58. The van der Waals surface area contributed by atoms with Gasteiger partial charge in [-0.15, -0.1) is 0 Å². The second-order valence-electron chi connectivity index (χ2n) is 2.98. The Morgan fingerprint density at radius 2 is 1.47 bits per heavy atom.